The molecule has 0 saturated carbocycles. The standard InChI is InChI=1S/C21H21F3N4O3S/c1-27-11-16(15-10-25-26-18(15)20(27)30)12-3-4-14(17(9-12)31-21(22,23)24)19(29)28-7-5-13(32-2)6-8-28/h3-4,9-11,13H,5-8H2,1-2H3,(H,25,26). The monoisotopic (exact) mass is 466 g/mol. The van der Waals surface area contributed by atoms with Crippen molar-refractivity contribution in [2.45, 2.75) is 24.5 Å². The van der Waals surface area contributed by atoms with Gasteiger partial charge in [-0.2, -0.15) is 16.9 Å². The normalized spacial score (nSPS) is 15.3. The fourth-order valence-corrected chi connectivity index (χ4v) is 4.60. The van der Waals surface area contributed by atoms with Gasteiger partial charge in [-0.05, 0) is 36.8 Å². The Hall–Kier alpha value is -2.95. The highest BCUT2D eigenvalue weighted by atomic mass is 32.2. The number of pyridine rings is 1. The van der Waals surface area contributed by atoms with E-state index in [-0.39, 0.29) is 16.6 Å². The Morgan fingerprint density at radius 2 is 2.00 bits per heavy atom. The highest BCUT2D eigenvalue weighted by Gasteiger charge is 2.34. The number of alkyl halides is 3. The van der Waals surface area contributed by atoms with E-state index in [1.165, 1.54) is 36.1 Å². The quantitative estimate of drug-likeness (QED) is 0.633. The minimum absolute atomic E-state index is 0.151. The van der Waals surface area contributed by atoms with Crippen molar-refractivity contribution < 1.29 is 22.7 Å². The fourth-order valence-electron chi connectivity index (χ4n) is 3.92. The first-order chi connectivity index (χ1) is 15.2. The average Bonchev–Trinajstić information content (AvgIpc) is 3.25. The van der Waals surface area contributed by atoms with Crippen LogP contribution in [-0.2, 0) is 7.05 Å². The number of thioether (sulfide) groups is 1. The Balaban J connectivity index is 1.76. The van der Waals surface area contributed by atoms with Crippen LogP contribution in [0.25, 0.3) is 22.0 Å². The number of nitrogens with one attached hydrogen (secondary N) is 1. The Morgan fingerprint density at radius 3 is 2.66 bits per heavy atom. The molecule has 1 aliphatic heterocycles. The second-order valence-electron chi connectivity index (χ2n) is 7.60. The molecule has 0 bridgehead atoms. The van der Waals surface area contributed by atoms with Crippen LogP contribution in [0.3, 0.4) is 0 Å². The smallest absolute Gasteiger partial charge is 0.405 e. The van der Waals surface area contributed by atoms with Gasteiger partial charge in [0.15, 0.2) is 0 Å². The lowest BCUT2D eigenvalue weighted by Crippen LogP contribution is -2.39. The van der Waals surface area contributed by atoms with Crippen LogP contribution in [-0.4, -0.2) is 56.5 Å². The van der Waals surface area contributed by atoms with Gasteiger partial charge in [0.05, 0.1) is 11.8 Å². The van der Waals surface area contributed by atoms with Crippen molar-refractivity contribution in [1.82, 2.24) is 19.7 Å². The van der Waals surface area contributed by atoms with E-state index < -0.39 is 18.0 Å². The third-order valence-corrected chi connectivity index (χ3v) is 6.74. The third-order valence-electron chi connectivity index (χ3n) is 5.60. The molecule has 7 nitrogen and oxygen atoms in total. The van der Waals surface area contributed by atoms with Crippen LogP contribution < -0.4 is 10.3 Å². The summed E-state index contributed by atoms with van der Waals surface area (Å²) < 4.78 is 45.1. The van der Waals surface area contributed by atoms with Crippen molar-refractivity contribution in [2.24, 2.45) is 7.05 Å². The number of rotatable bonds is 4. The molecule has 1 fully saturated rings. The van der Waals surface area contributed by atoms with Gasteiger partial charge in [-0.1, -0.05) is 6.07 Å². The maximum atomic E-state index is 13.2. The number of nitrogens with zero attached hydrogens (tertiary/aromatic N) is 3. The molecule has 1 N–H and O–H groups in total. The van der Waals surface area contributed by atoms with E-state index in [0.717, 1.165) is 12.8 Å². The molecule has 1 aromatic carbocycles. The first-order valence-electron chi connectivity index (χ1n) is 9.93. The molecule has 0 unspecified atom stereocenters. The van der Waals surface area contributed by atoms with E-state index in [1.54, 1.807) is 22.7 Å². The molecule has 0 aliphatic carbocycles. The van der Waals surface area contributed by atoms with Crippen molar-refractivity contribution in [3.05, 3.63) is 46.5 Å². The van der Waals surface area contributed by atoms with E-state index in [9.17, 15) is 22.8 Å². The number of H-pyrrole nitrogens is 1. The number of likely N-dealkylation sites (tertiary alicyclic amines) is 1. The second-order valence-corrected chi connectivity index (χ2v) is 8.74. The summed E-state index contributed by atoms with van der Waals surface area (Å²) in [7, 11) is 1.54. The minimum atomic E-state index is -4.96. The largest absolute Gasteiger partial charge is 0.573 e. The molecule has 0 radical (unpaired) electrons. The van der Waals surface area contributed by atoms with Gasteiger partial charge in [-0.3, -0.25) is 14.7 Å². The molecule has 32 heavy (non-hydrogen) atoms. The van der Waals surface area contributed by atoms with Gasteiger partial charge >= 0.3 is 6.36 Å². The number of carbonyl (C=O) groups is 1. The van der Waals surface area contributed by atoms with Crippen molar-refractivity contribution >= 4 is 28.6 Å². The van der Waals surface area contributed by atoms with Crippen molar-refractivity contribution in [1.29, 1.82) is 0 Å². The second kappa shape index (κ2) is 8.53. The lowest BCUT2D eigenvalue weighted by molar-refractivity contribution is -0.274. The van der Waals surface area contributed by atoms with E-state index in [0.29, 0.717) is 34.9 Å². The number of hydrogen-bond donors (Lipinski definition) is 1. The zero-order valence-corrected chi connectivity index (χ0v) is 18.2. The van der Waals surface area contributed by atoms with Gasteiger partial charge in [-0.15, -0.1) is 13.2 Å². The molecule has 0 atom stereocenters. The van der Waals surface area contributed by atoms with E-state index in [1.807, 2.05) is 6.26 Å². The zero-order chi connectivity index (χ0) is 23.0. The number of carbonyl (C=O) groups excluding carboxylic acids is 1. The number of aryl methyl sites for hydroxylation is 1. The van der Waals surface area contributed by atoms with Gasteiger partial charge < -0.3 is 14.2 Å². The van der Waals surface area contributed by atoms with Crippen molar-refractivity contribution in [2.75, 3.05) is 19.3 Å². The molecule has 4 rings (SSSR count). The van der Waals surface area contributed by atoms with Crippen LogP contribution in [0.5, 0.6) is 5.75 Å². The van der Waals surface area contributed by atoms with Crippen LogP contribution in [0.1, 0.15) is 23.2 Å². The molecule has 2 aromatic heterocycles. The van der Waals surface area contributed by atoms with Crippen molar-refractivity contribution in [3.8, 4) is 16.9 Å². The molecule has 3 aromatic rings. The Kier molecular flexibility index (Phi) is 5.93. The SMILES string of the molecule is CSC1CCN(C(=O)c2ccc(-c3cn(C)c(=O)c4[nH]ncc34)cc2OC(F)(F)F)CC1. The predicted octanol–water partition coefficient (Wildman–Crippen LogP) is 3.79. The molecular weight excluding hydrogens is 445 g/mol. The number of aromatic amines is 1. The van der Waals surface area contributed by atoms with E-state index >= 15 is 0 Å². The van der Waals surface area contributed by atoms with Crippen LogP contribution in [0.2, 0.25) is 0 Å². The number of amides is 1. The molecule has 1 saturated heterocycles. The number of fused-ring (bicyclic) bond motifs is 1. The number of piperidine rings is 1. The van der Waals surface area contributed by atoms with Crippen LogP contribution in [0, 0.1) is 0 Å². The highest BCUT2D eigenvalue weighted by Crippen LogP contribution is 2.35. The lowest BCUT2D eigenvalue weighted by Gasteiger charge is -2.31. The third kappa shape index (κ3) is 4.34. The first-order valence-corrected chi connectivity index (χ1v) is 11.2. The Labute approximate surface area is 185 Å². The summed E-state index contributed by atoms with van der Waals surface area (Å²) in [6, 6.07) is 4.08. The van der Waals surface area contributed by atoms with Crippen molar-refractivity contribution in [3.63, 3.8) is 0 Å². The molecule has 170 valence electrons. The first kappa shape index (κ1) is 22.3. The summed E-state index contributed by atoms with van der Waals surface area (Å²) in [5.41, 5.74) is 0.627. The summed E-state index contributed by atoms with van der Waals surface area (Å²) in [6.45, 7) is 0.960. The maximum absolute atomic E-state index is 13.2. The Morgan fingerprint density at radius 1 is 1.28 bits per heavy atom. The number of aromatic nitrogens is 3. The molecule has 1 amide bonds. The lowest BCUT2D eigenvalue weighted by atomic mass is 10.0. The number of benzene rings is 1. The minimum Gasteiger partial charge on any atom is -0.405 e. The molecule has 0 spiro atoms. The fraction of sp³-hybridized carbons (Fsp3) is 0.381. The van der Waals surface area contributed by atoms with Gasteiger partial charge in [0, 0.05) is 42.5 Å². The van der Waals surface area contributed by atoms with Gasteiger partial charge in [-0.25, -0.2) is 0 Å². The van der Waals surface area contributed by atoms with Crippen LogP contribution in [0.4, 0.5) is 13.2 Å². The molecule has 3 heterocycles. The predicted molar refractivity (Wildman–Crippen MR) is 116 cm³/mol. The zero-order valence-electron chi connectivity index (χ0n) is 17.4. The maximum Gasteiger partial charge on any atom is 0.573 e. The summed E-state index contributed by atoms with van der Waals surface area (Å²) in [5.74, 6) is -1.07. The average molecular weight is 466 g/mol. The van der Waals surface area contributed by atoms with Gasteiger partial charge in [0.25, 0.3) is 11.5 Å². The summed E-state index contributed by atoms with van der Waals surface area (Å²) >= 11 is 1.73. The molecular formula is C21H21F3N4O3S. The van der Waals surface area contributed by atoms with Gasteiger partial charge in [0.1, 0.15) is 11.3 Å². The Bertz CT molecular complexity index is 1210. The topological polar surface area (TPSA) is 80.2 Å². The number of hydrogen-bond acceptors (Lipinski definition) is 5. The van der Waals surface area contributed by atoms with Crippen LogP contribution >= 0.6 is 11.8 Å². The van der Waals surface area contributed by atoms with E-state index in [2.05, 4.69) is 14.9 Å². The van der Waals surface area contributed by atoms with Gasteiger partial charge in [0.2, 0.25) is 0 Å². The molecule has 11 heteroatoms. The highest BCUT2D eigenvalue weighted by molar-refractivity contribution is 7.99. The summed E-state index contributed by atoms with van der Waals surface area (Å²) in [6.07, 6.45) is 1.57. The number of ether oxygens (including phenoxy) is 1. The number of halogens is 3. The summed E-state index contributed by atoms with van der Waals surface area (Å²) in [5, 5.41) is 7.40. The summed E-state index contributed by atoms with van der Waals surface area (Å²) in [4.78, 5) is 26.8. The molecule has 1 aliphatic rings. The van der Waals surface area contributed by atoms with Crippen LogP contribution in [0.15, 0.2) is 35.4 Å². The van der Waals surface area contributed by atoms with E-state index in [4.69, 9.17) is 0 Å².